The molecule has 1 N–H and O–H groups in total. The Hall–Kier alpha value is -2.14. The number of benzene rings is 1. The zero-order chi connectivity index (χ0) is 18.6. The van der Waals surface area contributed by atoms with E-state index in [2.05, 4.69) is 24.3 Å². The van der Waals surface area contributed by atoms with Crippen LogP contribution in [0, 0.1) is 25.6 Å². The summed E-state index contributed by atoms with van der Waals surface area (Å²) in [5.74, 6) is -0.123. The molecule has 0 aliphatic carbocycles. The van der Waals surface area contributed by atoms with Gasteiger partial charge in [-0.2, -0.15) is 5.10 Å². The van der Waals surface area contributed by atoms with Gasteiger partial charge in [0.15, 0.2) is 0 Å². The van der Waals surface area contributed by atoms with E-state index in [4.69, 9.17) is 11.6 Å². The molecule has 2 rings (SSSR count). The quantitative estimate of drug-likeness (QED) is 0.779. The minimum absolute atomic E-state index is 0.264. The number of aryl methyl sites for hydroxylation is 2. The van der Waals surface area contributed by atoms with E-state index in [9.17, 15) is 9.18 Å². The molecule has 0 saturated heterocycles. The van der Waals surface area contributed by atoms with Crippen LogP contribution in [0.15, 0.2) is 24.3 Å². The van der Waals surface area contributed by atoms with E-state index < -0.39 is 0 Å². The van der Waals surface area contributed by atoms with Crippen LogP contribution in [0.25, 0.3) is 6.08 Å². The zero-order valence-electron chi connectivity index (χ0n) is 14.9. The Kier molecular flexibility index (Phi) is 6.37. The fourth-order valence-corrected chi connectivity index (χ4v) is 2.68. The van der Waals surface area contributed by atoms with Crippen molar-refractivity contribution in [3.05, 3.63) is 57.6 Å². The zero-order valence-corrected chi connectivity index (χ0v) is 15.7. The first-order valence-electron chi connectivity index (χ1n) is 8.21. The first kappa shape index (κ1) is 19.2. The number of nitrogens with one attached hydrogen (secondary N) is 1. The van der Waals surface area contributed by atoms with E-state index in [1.165, 1.54) is 12.1 Å². The number of hydrogen-bond acceptors (Lipinski definition) is 2. The molecule has 0 radical (unpaired) electrons. The van der Waals surface area contributed by atoms with Gasteiger partial charge in [-0.1, -0.05) is 37.6 Å². The molecule has 6 heteroatoms. The molecule has 0 unspecified atom stereocenters. The predicted octanol–water partition coefficient (Wildman–Crippen LogP) is 4.28. The molecule has 0 spiro atoms. The maximum Gasteiger partial charge on any atom is 0.244 e. The van der Waals surface area contributed by atoms with Gasteiger partial charge in [-0.3, -0.25) is 9.48 Å². The lowest BCUT2D eigenvalue weighted by Crippen LogP contribution is -2.20. The van der Waals surface area contributed by atoms with E-state index in [1.54, 1.807) is 29.8 Å². The molecule has 1 aromatic heterocycles. The van der Waals surface area contributed by atoms with Crippen LogP contribution in [0.1, 0.15) is 36.2 Å². The number of carbonyl (C=O) groups is 1. The van der Waals surface area contributed by atoms with Crippen LogP contribution in [0.2, 0.25) is 5.15 Å². The van der Waals surface area contributed by atoms with Gasteiger partial charge in [-0.25, -0.2) is 4.39 Å². The number of carbonyl (C=O) groups excluding carboxylic acids is 1. The first-order valence-corrected chi connectivity index (χ1v) is 8.59. The SMILES string of the molecule is Cc1ccc(CNC(=O)/C=C/c2c(C)nn(CC(C)C)c2Cl)cc1F. The lowest BCUT2D eigenvalue weighted by atomic mass is 10.1. The molecule has 1 heterocycles. The summed E-state index contributed by atoms with van der Waals surface area (Å²) in [7, 11) is 0. The molecule has 25 heavy (non-hydrogen) atoms. The monoisotopic (exact) mass is 363 g/mol. The van der Waals surface area contributed by atoms with Gasteiger partial charge in [-0.05, 0) is 43.0 Å². The van der Waals surface area contributed by atoms with Crippen molar-refractivity contribution in [1.29, 1.82) is 0 Å². The maximum absolute atomic E-state index is 13.5. The number of aromatic nitrogens is 2. The Morgan fingerprint density at radius 2 is 2.12 bits per heavy atom. The highest BCUT2D eigenvalue weighted by Gasteiger charge is 2.12. The second-order valence-corrected chi connectivity index (χ2v) is 6.86. The van der Waals surface area contributed by atoms with Crippen LogP contribution in [-0.4, -0.2) is 15.7 Å². The van der Waals surface area contributed by atoms with Gasteiger partial charge in [0, 0.05) is 24.7 Å². The number of halogens is 2. The molecule has 2 aromatic rings. The Balaban J connectivity index is 2.00. The highest BCUT2D eigenvalue weighted by molar-refractivity contribution is 6.31. The van der Waals surface area contributed by atoms with E-state index in [1.807, 2.05) is 6.92 Å². The van der Waals surface area contributed by atoms with Gasteiger partial charge in [0.25, 0.3) is 0 Å². The molecule has 0 saturated carbocycles. The van der Waals surface area contributed by atoms with Crippen LogP contribution in [0.4, 0.5) is 4.39 Å². The fourth-order valence-electron chi connectivity index (χ4n) is 2.38. The van der Waals surface area contributed by atoms with Crippen LogP contribution >= 0.6 is 11.6 Å². The summed E-state index contributed by atoms with van der Waals surface area (Å²) in [6.45, 7) is 8.72. The molecule has 1 aromatic carbocycles. The largest absolute Gasteiger partial charge is 0.348 e. The summed E-state index contributed by atoms with van der Waals surface area (Å²) >= 11 is 6.34. The van der Waals surface area contributed by atoms with E-state index >= 15 is 0 Å². The summed E-state index contributed by atoms with van der Waals surface area (Å²) in [4.78, 5) is 12.0. The van der Waals surface area contributed by atoms with Crippen molar-refractivity contribution in [3.63, 3.8) is 0 Å². The summed E-state index contributed by atoms with van der Waals surface area (Å²) in [5.41, 5.74) is 2.80. The molecule has 4 nitrogen and oxygen atoms in total. The molecule has 0 fully saturated rings. The smallest absolute Gasteiger partial charge is 0.244 e. The lowest BCUT2D eigenvalue weighted by Gasteiger charge is -2.05. The Labute approximate surface area is 152 Å². The van der Waals surface area contributed by atoms with Crippen molar-refractivity contribution in [2.24, 2.45) is 5.92 Å². The average molecular weight is 364 g/mol. The first-order chi connectivity index (χ1) is 11.8. The minimum Gasteiger partial charge on any atom is -0.348 e. The van der Waals surface area contributed by atoms with Crippen molar-refractivity contribution in [3.8, 4) is 0 Å². The van der Waals surface area contributed by atoms with Gasteiger partial charge in [0.2, 0.25) is 5.91 Å². The molecular weight excluding hydrogens is 341 g/mol. The topological polar surface area (TPSA) is 46.9 Å². The van der Waals surface area contributed by atoms with E-state index in [-0.39, 0.29) is 18.3 Å². The van der Waals surface area contributed by atoms with Crippen molar-refractivity contribution in [2.75, 3.05) is 0 Å². The van der Waals surface area contributed by atoms with E-state index in [0.29, 0.717) is 22.2 Å². The minimum atomic E-state index is -0.276. The lowest BCUT2D eigenvalue weighted by molar-refractivity contribution is -0.116. The van der Waals surface area contributed by atoms with Crippen molar-refractivity contribution < 1.29 is 9.18 Å². The Morgan fingerprint density at radius 1 is 1.40 bits per heavy atom. The van der Waals surface area contributed by atoms with E-state index in [0.717, 1.165) is 17.8 Å². The highest BCUT2D eigenvalue weighted by Crippen LogP contribution is 2.22. The Bertz CT molecular complexity index is 796. The Morgan fingerprint density at radius 3 is 2.76 bits per heavy atom. The van der Waals surface area contributed by atoms with Gasteiger partial charge in [0.05, 0.1) is 5.69 Å². The van der Waals surface area contributed by atoms with Crippen LogP contribution in [-0.2, 0) is 17.9 Å². The third-order valence-electron chi connectivity index (χ3n) is 3.75. The van der Waals surface area contributed by atoms with Crippen LogP contribution < -0.4 is 5.32 Å². The van der Waals surface area contributed by atoms with Gasteiger partial charge in [-0.15, -0.1) is 0 Å². The molecule has 0 bridgehead atoms. The standard InChI is InChI=1S/C19H23ClFN3O/c1-12(2)11-24-19(20)16(14(4)23-24)7-8-18(25)22-10-15-6-5-13(3)17(21)9-15/h5-9,12H,10-11H2,1-4H3,(H,22,25)/b8-7+. The molecule has 0 aliphatic heterocycles. The van der Waals surface area contributed by atoms with Gasteiger partial charge < -0.3 is 5.32 Å². The fraction of sp³-hybridized carbons (Fsp3) is 0.368. The second-order valence-electron chi connectivity index (χ2n) is 6.50. The molecular formula is C19H23ClFN3O. The van der Waals surface area contributed by atoms with Crippen LogP contribution in [0.3, 0.4) is 0 Å². The molecule has 134 valence electrons. The number of amides is 1. The second kappa shape index (κ2) is 8.30. The predicted molar refractivity (Wildman–Crippen MR) is 98.8 cm³/mol. The molecule has 1 amide bonds. The number of nitrogens with zero attached hydrogens (tertiary/aromatic N) is 2. The van der Waals surface area contributed by atoms with Gasteiger partial charge in [0.1, 0.15) is 11.0 Å². The summed E-state index contributed by atoms with van der Waals surface area (Å²) in [5, 5.41) is 7.65. The van der Waals surface area contributed by atoms with Gasteiger partial charge >= 0.3 is 0 Å². The summed E-state index contributed by atoms with van der Waals surface area (Å²) in [6, 6.07) is 4.91. The summed E-state index contributed by atoms with van der Waals surface area (Å²) < 4.78 is 15.2. The van der Waals surface area contributed by atoms with Crippen molar-refractivity contribution in [2.45, 2.75) is 40.8 Å². The maximum atomic E-state index is 13.5. The third kappa shape index (κ3) is 5.16. The number of hydrogen-bond donors (Lipinski definition) is 1. The molecule has 0 atom stereocenters. The molecule has 0 aliphatic rings. The normalized spacial score (nSPS) is 11.5. The third-order valence-corrected chi connectivity index (χ3v) is 4.15. The highest BCUT2D eigenvalue weighted by atomic mass is 35.5. The summed E-state index contributed by atoms with van der Waals surface area (Å²) in [6.07, 6.45) is 3.08. The van der Waals surface area contributed by atoms with Crippen molar-refractivity contribution >= 4 is 23.6 Å². The van der Waals surface area contributed by atoms with Crippen molar-refractivity contribution in [1.82, 2.24) is 15.1 Å². The average Bonchev–Trinajstić information content (AvgIpc) is 2.80. The number of rotatable bonds is 6. The van der Waals surface area contributed by atoms with Crippen LogP contribution in [0.5, 0.6) is 0 Å².